The minimum Gasteiger partial charge on any atom is -0.458 e. The third-order valence-electron chi connectivity index (χ3n) is 6.02. The molecule has 1 saturated heterocycles. The molecule has 0 bridgehead atoms. The first-order valence-electron chi connectivity index (χ1n) is 11.6. The van der Waals surface area contributed by atoms with Gasteiger partial charge < -0.3 is 9.64 Å². The van der Waals surface area contributed by atoms with E-state index in [0.717, 1.165) is 31.7 Å². The highest BCUT2D eigenvalue weighted by atomic mass is 16.6. The van der Waals surface area contributed by atoms with Gasteiger partial charge in [-0.3, -0.25) is 9.69 Å². The van der Waals surface area contributed by atoms with Crippen LogP contribution in [0.3, 0.4) is 0 Å². The number of hydrogen-bond donors (Lipinski definition) is 0. The van der Waals surface area contributed by atoms with Gasteiger partial charge in [0.1, 0.15) is 11.1 Å². The van der Waals surface area contributed by atoms with Gasteiger partial charge in [-0.15, -0.1) is 0 Å². The number of piperidine rings is 1. The summed E-state index contributed by atoms with van der Waals surface area (Å²) in [7, 11) is 0. The minimum absolute atomic E-state index is 0.0557. The molecule has 1 aliphatic rings. The molecular weight excluding hydrogens is 400 g/mol. The maximum Gasteiger partial charge on any atom is 0.333 e. The Kier molecular flexibility index (Phi) is 7.73. The zero-order valence-electron chi connectivity index (χ0n) is 19.8. The lowest BCUT2D eigenvalue weighted by Crippen LogP contribution is -2.63. The van der Waals surface area contributed by atoms with E-state index < -0.39 is 11.1 Å². The molecule has 0 atom stereocenters. The van der Waals surface area contributed by atoms with E-state index in [2.05, 4.69) is 29.2 Å². The normalized spacial score (nSPS) is 16.4. The predicted molar refractivity (Wildman–Crippen MR) is 129 cm³/mol. The highest BCUT2D eigenvalue weighted by molar-refractivity contribution is 6.02. The largest absolute Gasteiger partial charge is 0.458 e. The number of benzene rings is 2. The van der Waals surface area contributed by atoms with Crippen molar-refractivity contribution >= 4 is 17.6 Å². The molecule has 5 nitrogen and oxygen atoms in total. The van der Waals surface area contributed by atoms with E-state index in [-0.39, 0.29) is 11.9 Å². The Morgan fingerprint density at radius 1 is 0.969 bits per heavy atom. The van der Waals surface area contributed by atoms with Crippen LogP contribution in [0.15, 0.2) is 60.7 Å². The summed E-state index contributed by atoms with van der Waals surface area (Å²) in [4.78, 5) is 30.9. The van der Waals surface area contributed by atoms with Crippen LogP contribution in [-0.2, 0) is 20.7 Å². The van der Waals surface area contributed by atoms with Crippen molar-refractivity contribution in [3.8, 4) is 0 Å². The summed E-state index contributed by atoms with van der Waals surface area (Å²) in [5.41, 5.74) is 0.448. The van der Waals surface area contributed by atoms with Crippen molar-refractivity contribution in [1.29, 1.82) is 0 Å². The van der Waals surface area contributed by atoms with Crippen LogP contribution in [0.2, 0.25) is 0 Å². The molecular formula is C27H36N2O3. The number of nitrogens with zero attached hydrogens (tertiary/aromatic N) is 2. The number of amides is 1. The molecule has 32 heavy (non-hydrogen) atoms. The number of carbonyl (C=O) groups excluding carboxylic acids is 2. The lowest BCUT2D eigenvalue weighted by atomic mass is 9.84. The van der Waals surface area contributed by atoms with Crippen molar-refractivity contribution in [1.82, 2.24) is 4.90 Å². The second-order valence-corrected chi connectivity index (χ2v) is 9.53. The van der Waals surface area contributed by atoms with Crippen molar-refractivity contribution in [2.75, 3.05) is 24.5 Å². The number of para-hydroxylation sites is 1. The molecule has 1 fully saturated rings. The van der Waals surface area contributed by atoms with Crippen LogP contribution in [0.25, 0.3) is 0 Å². The van der Waals surface area contributed by atoms with Gasteiger partial charge in [-0.2, -0.15) is 0 Å². The summed E-state index contributed by atoms with van der Waals surface area (Å²) in [6.45, 7) is 9.89. The van der Waals surface area contributed by atoms with Gasteiger partial charge in [0, 0.05) is 31.7 Å². The molecule has 0 aliphatic carbocycles. The summed E-state index contributed by atoms with van der Waals surface area (Å²) in [6.07, 6.45) is 2.41. The fraction of sp³-hybridized carbons (Fsp3) is 0.481. The number of likely N-dealkylation sites (tertiary alicyclic amines) is 1. The van der Waals surface area contributed by atoms with E-state index >= 15 is 0 Å². The third-order valence-corrected chi connectivity index (χ3v) is 6.02. The maximum absolute atomic E-state index is 13.6. The molecule has 172 valence electrons. The Morgan fingerprint density at radius 3 is 2.06 bits per heavy atom. The summed E-state index contributed by atoms with van der Waals surface area (Å²) in [6, 6.07) is 20.0. The van der Waals surface area contributed by atoms with E-state index in [1.165, 1.54) is 5.56 Å². The molecule has 1 aliphatic heterocycles. The molecule has 0 radical (unpaired) electrons. The van der Waals surface area contributed by atoms with E-state index in [0.29, 0.717) is 19.3 Å². The first kappa shape index (κ1) is 24.0. The van der Waals surface area contributed by atoms with Gasteiger partial charge in [-0.05, 0) is 57.7 Å². The lowest BCUT2D eigenvalue weighted by Gasteiger charge is -2.47. The van der Waals surface area contributed by atoms with E-state index in [9.17, 15) is 9.59 Å². The van der Waals surface area contributed by atoms with Crippen molar-refractivity contribution in [3.05, 3.63) is 66.2 Å². The Hall–Kier alpha value is -2.66. The van der Waals surface area contributed by atoms with E-state index in [1.807, 2.05) is 64.1 Å². The standard InChI is InChI=1S/C27H36N2O3/c1-5-24(30)29(23-14-10-7-11-15-23)27(25(31)32-26(2,3)4)17-20-28(21-18-27)19-16-22-12-8-6-9-13-22/h6-15H,5,16-21H2,1-4H3. The Bertz CT molecular complexity index is 882. The fourth-order valence-electron chi connectivity index (χ4n) is 4.34. The number of ether oxygens (including phenoxy) is 1. The molecule has 1 heterocycles. The molecule has 0 unspecified atom stereocenters. The van der Waals surface area contributed by atoms with Gasteiger partial charge >= 0.3 is 5.97 Å². The molecule has 5 heteroatoms. The van der Waals surface area contributed by atoms with E-state index in [1.54, 1.807) is 4.90 Å². The van der Waals surface area contributed by atoms with Crippen LogP contribution in [0.1, 0.15) is 52.5 Å². The number of carbonyl (C=O) groups is 2. The summed E-state index contributed by atoms with van der Waals surface area (Å²) in [5.74, 6) is -0.363. The average molecular weight is 437 g/mol. The highest BCUT2D eigenvalue weighted by Gasteiger charge is 2.50. The smallest absolute Gasteiger partial charge is 0.333 e. The maximum atomic E-state index is 13.6. The SMILES string of the molecule is CCC(=O)N(c1ccccc1)C1(C(=O)OC(C)(C)C)CCN(CCc2ccccc2)CC1. The molecule has 0 spiro atoms. The van der Waals surface area contributed by atoms with Crippen LogP contribution in [0.5, 0.6) is 0 Å². The predicted octanol–water partition coefficient (Wildman–Crippen LogP) is 4.85. The van der Waals surface area contributed by atoms with Crippen LogP contribution in [0, 0.1) is 0 Å². The minimum atomic E-state index is -0.995. The van der Waals surface area contributed by atoms with Gasteiger partial charge in [-0.25, -0.2) is 4.79 Å². The molecule has 0 N–H and O–H groups in total. The van der Waals surface area contributed by atoms with Gasteiger partial charge in [0.15, 0.2) is 0 Å². The topological polar surface area (TPSA) is 49.9 Å². The van der Waals surface area contributed by atoms with Crippen LogP contribution >= 0.6 is 0 Å². The van der Waals surface area contributed by atoms with Crippen LogP contribution < -0.4 is 4.90 Å². The molecule has 0 aromatic heterocycles. The van der Waals surface area contributed by atoms with Crippen molar-refractivity contribution in [2.24, 2.45) is 0 Å². The Morgan fingerprint density at radius 2 is 1.53 bits per heavy atom. The van der Waals surface area contributed by atoms with Crippen LogP contribution in [-0.4, -0.2) is 47.6 Å². The Balaban J connectivity index is 1.85. The molecule has 2 aromatic carbocycles. The second kappa shape index (κ2) is 10.3. The number of anilines is 1. The van der Waals surface area contributed by atoms with E-state index in [4.69, 9.17) is 4.74 Å². The number of hydrogen-bond acceptors (Lipinski definition) is 4. The molecule has 0 saturated carbocycles. The number of esters is 1. The molecule has 2 aromatic rings. The summed E-state index contributed by atoms with van der Waals surface area (Å²) < 4.78 is 5.89. The quantitative estimate of drug-likeness (QED) is 0.582. The van der Waals surface area contributed by atoms with Gasteiger partial charge in [0.2, 0.25) is 5.91 Å². The third kappa shape index (κ3) is 5.77. The van der Waals surface area contributed by atoms with Crippen LogP contribution in [0.4, 0.5) is 5.69 Å². The first-order chi connectivity index (χ1) is 15.2. The zero-order valence-corrected chi connectivity index (χ0v) is 19.8. The van der Waals surface area contributed by atoms with Crippen molar-refractivity contribution < 1.29 is 14.3 Å². The van der Waals surface area contributed by atoms with Gasteiger partial charge in [0.25, 0.3) is 0 Å². The Labute approximate surface area is 192 Å². The second-order valence-electron chi connectivity index (χ2n) is 9.53. The highest BCUT2D eigenvalue weighted by Crippen LogP contribution is 2.36. The van der Waals surface area contributed by atoms with Crippen molar-refractivity contribution in [3.63, 3.8) is 0 Å². The van der Waals surface area contributed by atoms with Crippen molar-refractivity contribution in [2.45, 2.75) is 64.5 Å². The lowest BCUT2D eigenvalue weighted by molar-refractivity contribution is -0.165. The fourth-order valence-corrected chi connectivity index (χ4v) is 4.34. The molecule has 3 rings (SSSR count). The number of rotatable bonds is 7. The summed E-state index contributed by atoms with van der Waals surface area (Å²) >= 11 is 0. The van der Waals surface area contributed by atoms with Gasteiger partial charge in [-0.1, -0.05) is 55.5 Å². The monoisotopic (exact) mass is 436 g/mol. The zero-order chi connectivity index (χ0) is 23.2. The summed E-state index contributed by atoms with van der Waals surface area (Å²) in [5, 5.41) is 0. The first-order valence-corrected chi connectivity index (χ1v) is 11.6. The molecule has 1 amide bonds. The average Bonchev–Trinajstić information content (AvgIpc) is 2.79. The van der Waals surface area contributed by atoms with Gasteiger partial charge in [0.05, 0.1) is 0 Å².